The molecule has 24 heavy (non-hydrogen) atoms. The lowest BCUT2D eigenvalue weighted by Gasteiger charge is -2.05. The van der Waals surface area contributed by atoms with Gasteiger partial charge < -0.3 is 19.6 Å². The molecule has 0 spiro atoms. The average Bonchev–Trinajstić information content (AvgIpc) is 3.24. The van der Waals surface area contributed by atoms with E-state index in [-0.39, 0.29) is 5.97 Å². The van der Waals surface area contributed by atoms with Crippen molar-refractivity contribution in [3.63, 3.8) is 0 Å². The van der Waals surface area contributed by atoms with Crippen molar-refractivity contribution in [2.24, 2.45) is 7.05 Å². The van der Waals surface area contributed by atoms with Crippen LogP contribution in [0.25, 0.3) is 11.0 Å². The van der Waals surface area contributed by atoms with Crippen molar-refractivity contribution in [3.05, 3.63) is 47.5 Å². The van der Waals surface area contributed by atoms with Crippen LogP contribution in [-0.4, -0.2) is 27.6 Å². The monoisotopic (exact) mass is 324 g/mol. The molecule has 1 aromatic carbocycles. The number of aryl methyl sites for hydroxylation is 1. The molecule has 2 aromatic heterocycles. The van der Waals surface area contributed by atoms with Crippen LogP contribution in [0.4, 0.5) is 5.69 Å². The molecule has 0 aliphatic heterocycles. The summed E-state index contributed by atoms with van der Waals surface area (Å²) in [7, 11) is 3.46. The molecule has 6 heteroatoms. The van der Waals surface area contributed by atoms with Crippen LogP contribution in [0.15, 0.2) is 30.5 Å². The van der Waals surface area contributed by atoms with Gasteiger partial charge in [-0.25, -0.2) is 9.78 Å². The summed E-state index contributed by atoms with van der Waals surface area (Å²) in [5.41, 5.74) is 4.66. The molecule has 1 aliphatic rings. The van der Waals surface area contributed by atoms with E-state index < -0.39 is 0 Å². The number of anilines is 1. The van der Waals surface area contributed by atoms with Crippen molar-refractivity contribution in [1.29, 1.82) is 0 Å². The maximum atomic E-state index is 11.5. The number of hydrogen-bond acceptors (Lipinski definition) is 4. The Balaban J connectivity index is 1.50. The van der Waals surface area contributed by atoms with E-state index in [0.29, 0.717) is 18.2 Å². The first kappa shape index (κ1) is 14.8. The molecule has 1 saturated carbocycles. The highest BCUT2D eigenvalue weighted by atomic mass is 16.5. The molecule has 4 rings (SSSR count). The first-order chi connectivity index (χ1) is 11.7. The number of rotatable bonds is 5. The fourth-order valence-corrected chi connectivity index (χ4v) is 3.01. The van der Waals surface area contributed by atoms with Gasteiger partial charge in [-0.1, -0.05) is 0 Å². The van der Waals surface area contributed by atoms with Crippen LogP contribution in [-0.2, 0) is 18.3 Å². The van der Waals surface area contributed by atoms with Crippen LogP contribution < -0.4 is 5.32 Å². The fourth-order valence-electron chi connectivity index (χ4n) is 3.01. The molecular formula is C18H20N4O2. The summed E-state index contributed by atoms with van der Waals surface area (Å²) in [5, 5.41) is 3.38. The number of methoxy groups -OCH3 is 1. The normalized spacial score (nSPS) is 14.1. The summed E-state index contributed by atoms with van der Waals surface area (Å²) in [4.78, 5) is 19.2. The zero-order valence-corrected chi connectivity index (χ0v) is 13.8. The Morgan fingerprint density at radius 1 is 1.42 bits per heavy atom. The Kier molecular flexibility index (Phi) is 3.52. The molecule has 2 heterocycles. The number of hydrogen-bond donors (Lipinski definition) is 2. The number of nitrogens with zero attached hydrogens (tertiary/aromatic N) is 2. The number of carbonyl (C=O) groups excluding carboxylic acids is 1. The molecule has 6 nitrogen and oxygen atoms in total. The molecule has 3 aromatic rings. The van der Waals surface area contributed by atoms with Gasteiger partial charge in [-0.2, -0.15) is 0 Å². The van der Waals surface area contributed by atoms with Crippen molar-refractivity contribution in [2.75, 3.05) is 12.4 Å². The summed E-state index contributed by atoms with van der Waals surface area (Å²) >= 11 is 0. The molecule has 0 amide bonds. The summed E-state index contributed by atoms with van der Waals surface area (Å²) in [6.07, 6.45) is 4.31. The molecule has 0 radical (unpaired) electrons. The zero-order valence-electron chi connectivity index (χ0n) is 13.8. The first-order valence-corrected chi connectivity index (χ1v) is 8.11. The third kappa shape index (κ3) is 2.64. The van der Waals surface area contributed by atoms with Crippen molar-refractivity contribution in [1.82, 2.24) is 14.5 Å². The highest BCUT2D eigenvalue weighted by Crippen LogP contribution is 2.40. The van der Waals surface area contributed by atoms with Gasteiger partial charge in [-0.05, 0) is 42.7 Å². The number of benzene rings is 1. The molecule has 1 aliphatic carbocycles. The number of H-pyrrole nitrogens is 1. The maximum absolute atomic E-state index is 11.5. The zero-order chi connectivity index (χ0) is 16.7. The minimum Gasteiger partial charge on any atom is -0.464 e. The topological polar surface area (TPSA) is 71.9 Å². The Morgan fingerprint density at radius 3 is 3.00 bits per heavy atom. The summed E-state index contributed by atoms with van der Waals surface area (Å²) in [6.45, 7) is 0.626. The van der Waals surface area contributed by atoms with Crippen LogP contribution in [0.1, 0.15) is 40.6 Å². The molecule has 2 N–H and O–H groups in total. The highest BCUT2D eigenvalue weighted by Gasteiger charge is 2.28. The average molecular weight is 324 g/mol. The maximum Gasteiger partial charge on any atom is 0.354 e. The molecule has 0 atom stereocenters. The van der Waals surface area contributed by atoms with E-state index in [4.69, 9.17) is 9.72 Å². The summed E-state index contributed by atoms with van der Waals surface area (Å²) in [5.74, 6) is 1.47. The second-order valence-electron chi connectivity index (χ2n) is 6.27. The second kappa shape index (κ2) is 5.70. The van der Waals surface area contributed by atoms with Crippen LogP contribution in [0.5, 0.6) is 0 Å². The molecule has 0 bridgehead atoms. The van der Waals surface area contributed by atoms with Gasteiger partial charge in [0.05, 0.1) is 18.1 Å². The van der Waals surface area contributed by atoms with Crippen molar-refractivity contribution >= 4 is 22.7 Å². The minimum absolute atomic E-state index is 0.358. The third-order valence-electron chi connectivity index (χ3n) is 4.50. The van der Waals surface area contributed by atoms with Gasteiger partial charge in [0.2, 0.25) is 0 Å². The van der Waals surface area contributed by atoms with Crippen molar-refractivity contribution in [2.45, 2.75) is 25.3 Å². The van der Waals surface area contributed by atoms with E-state index in [0.717, 1.165) is 22.3 Å². The summed E-state index contributed by atoms with van der Waals surface area (Å²) < 4.78 is 6.90. The van der Waals surface area contributed by atoms with E-state index in [9.17, 15) is 4.79 Å². The van der Waals surface area contributed by atoms with Gasteiger partial charge in [0.25, 0.3) is 0 Å². The van der Waals surface area contributed by atoms with Gasteiger partial charge in [0, 0.05) is 31.4 Å². The van der Waals surface area contributed by atoms with Crippen LogP contribution in [0.2, 0.25) is 0 Å². The number of aromatic nitrogens is 3. The number of aromatic amines is 1. The van der Waals surface area contributed by atoms with Gasteiger partial charge in [0.15, 0.2) is 0 Å². The summed E-state index contributed by atoms with van der Waals surface area (Å²) in [6, 6.07) is 8.04. The van der Waals surface area contributed by atoms with Gasteiger partial charge >= 0.3 is 5.97 Å². The van der Waals surface area contributed by atoms with E-state index in [1.54, 1.807) is 6.07 Å². The van der Waals surface area contributed by atoms with Crippen LogP contribution >= 0.6 is 0 Å². The first-order valence-electron chi connectivity index (χ1n) is 8.11. The third-order valence-corrected chi connectivity index (χ3v) is 4.50. The fraction of sp³-hybridized carbons (Fsp3) is 0.333. The Morgan fingerprint density at radius 2 is 2.25 bits per heavy atom. The van der Waals surface area contributed by atoms with Gasteiger partial charge in [-0.3, -0.25) is 0 Å². The molecular weight excluding hydrogens is 304 g/mol. The molecule has 0 unspecified atom stereocenters. The largest absolute Gasteiger partial charge is 0.464 e. The number of fused-ring (bicyclic) bond motifs is 1. The minimum atomic E-state index is -0.358. The number of carbonyl (C=O) groups is 1. The predicted octanol–water partition coefficient (Wildman–Crippen LogP) is 3.18. The lowest BCUT2D eigenvalue weighted by atomic mass is 10.2. The van der Waals surface area contributed by atoms with Gasteiger partial charge in [0.1, 0.15) is 11.5 Å². The lowest BCUT2D eigenvalue weighted by molar-refractivity contribution is 0.0595. The van der Waals surface area contributed by atoms with E-state index in [1.165, 1.54) is 25.8 Å². The van der Waals surface area contributed by atoms with E-state index >= 15 is 0 Å². The molecule has 124 valence electrons. The van der Waals surface area contributed by atoms with Crippen LogP contribution in [0.3, 0.4) is 0 Å². The highest BCUT2D eigenvalue weighted by molar-refractivity contribution is 5.87. The predicted molar refractivity (Wildman–Crippen MR) is 92.1 cm³/mol. The van der Waals surface area contributed by atoms with Crippen molar-refractivity contribution < 1.29 is 9.53 Å². The standard InChI is InChI=1S/C18H20N4O2/c1-22-16-6-5-13(8-14(16)21-17(22)12-3-4-12)19-9-11-7-15(20-10-11)18(23)24-2/h5-8,10,12,19-20H,3-4,9H2,1-2H3. The van der Waals surface area contributed by atoms with E-state index in [2.05, 4.69) is 40.1 Å². The quantitative estimate of drug-likeness (QED) is 0.707. The second-order valence-corrected chi connectivity index (χ2v) is 6.27. The molecule has 1 fully saturated rings. The Hall–Kier alpha value is -2.76. The number of imidazole rings is 1. The van der Waals surface area contributed by atoms with E-state index in [1.807, 2.05) is 6.20 Å². The number of esters is 1. The number of ether oxygens (including phenoxy) is 1. The smallest absolute Gasteiger partial charge is 0.354 e. The van der Waals surface area contributed by atoms with Crippen molar-refractivity contribution in [3.8, 4) is 0 Å². The Labute approximate surface area is 139 Å². The lowest BCUT2D eigenvalue weighted by Crippen LogP contribution is -2.01. The van der Waals surface area contributed by atoms with Gasteiger partial charge in [-0.15, -0.1) is 0 Å². The molecule has 0 saturated heterocycles. The number of nitrogens with one attached hydrogen (secondary N) is 2. The van der Waals surface area contributed by atoms with Crippen LogP contribution in [0, 0.1) is 0 Å². The Bertz CT molecular complexity index is 905. The SMILES string of the molecule is COC(=O)c1cc(CNc2ccc3c(c2)nc(C2CC2)n3C)c[nH]1.